The second-order valence-corrected chi connectivity index (χ2v) is 7.55. The van der Waals surface area contributed by atoms with Gasteiger partial charge in [-0.3, -0.25) is 4.99 Å². The van der Waals surface area contributed by atoms with Gasteiger partial charge in [0.25, 0.3) is 0 Å². The van der Waals surface area contributed by atoms with Gasteiger partial charge in [-0.1, -0.05) is 24.3 Å². The number of aromatic nitrogens is 1. The Kier molecular flexibility index (Phi) is 7.63. The maximum atomic E-state index is 10.5. The van der Waals surface area contributed by atoms with Crippen molar-refractivity contribution in [1.82, 2.24) is 15.6 Å². The van der Waals surface area contributed by atoms with Crippen LogP contribution < -0.4 is 16.0 Å². The van der Waals surface area contributed by atoms with Gasteiger partial charge in [0.05, 0.1) is 0 Å². The minimum absolute atomic E-state index is 0.424. The van der Waals surface area contributed by atoms with Crippen LogP contribution >= 0.6 is 11.3 Å². The minimum atomic E-state index is -0.557. The van der Waals surface area contributed by atoms with Gasteiger partial charge >= 0.3 is 0 Å². The zero-order valence-corrected chi connectivity index (χ0v) is 16.9. The highest BCUT2D eigenvalue weighted by atomic mass is 32.1. The molecule has 0 aliphatic carbocycles. The molecule has 3 rings (SSSR count). The number of aliphatic imine (C=N–C) groups is 1. The highest BCUT2D eigenvalue weighted by Gasteiger charge is 2.12. The number of benzene rings is 1. The fraction of sp³-hybridized carbons (Fsp3) is 0.333. The number of hydrogen-bond acceptors (Lipinski definition) is 5. The van der Waals surface area contributed by atoms with E-state index in [1.54, 1.807) is 24.6 Å². The topological polar surface area (TPSA) is 81.6 Å². The summed E-state index contributed by atoms with van der Waals surface area (Å²) in [4.78, 5) is 9.42. The van der Waals surface area contributed by atoms with Crippen molar-refractivity contribution in [2.24, 2.45) is 4.99 Å². The Hall–Kier alpha value is -2.64. The van der Waals surface area contributed by atoms with Crippen LogP contribution in [0.3, 0.4) is 0 Å². The molecule has 0 aliphatic rings. The van der Waals surface area contributed by atoms with E-state index >= 15 is 0 Å². The lowest BCUT2D eigenvalue weighted by Crippen LogP contribution is -2.39. The first-order valence-corrected chi connectivity index (χ1v) is 10.3. The summed E-state index contributed by atoms with van der Waals surface area (Å²) < 4.78 is 1.19. The number of hydrogen-bond donors (Lipinski definition) is 4. The predicted octanol–water partition coefficient (Wildman–Crippen LogP) is 3.39. The summed E-state index contributed by atoms with van der Waals surface area (Å²) in [5, 5.41) is 21.4. The molecule has 28 heavy (non-hydrogen) atoms. The number of nitrogens with one attached hydrogen (secondary N) is 3. The predicted molar refractivity (Wildman–Crippen MR) is 118 cm³/mol. The molecule has 2 aromatic heterocycles. The Labute approximate surface area is 169 Å². The molecule has 7 heteroatoms. The molecule has 2 heterocycles. The highest BCUT2D eigenvalue weighted by molar-refractivity contribution is 7.19. The average Bonchev–Trinajstić information content (AvgIpc) is 3.17. The smallest absolute Gasteiger partial charge is 0.191 e. The third kappa shape index (κ3) is 5.94. The first-order valence-electron chi connectivity index (χ1n) is 9.52. The second-order valence-electron chi connectivity index (χ2n) is 6.43. The maximum Gasteiger partial charge on any atom is 0.191 e. The van der Waals surface area contributed by atoms with Crippen LogP contribution in [0.15, 0.2) is 59.7 Å². The molecule has 0 amide bonds. The van der Waals surface area contributed by atoms with E-state index in [9.17, 15) is 5.11 Å². The number of unbranched alkanes of at least 4 members (excludes halogenated alkanes) is 1. The summed E-state index contributed by atoms with van der Waals surface area (Å²) in [7, 11) is 1.74. The molecule has 1 atom stereocenters. The molecule has 0 radical (unpaired) electrons. The van der Waals surface area contributed by atoms with Crippen molar-refractivity contribution in [3.63, 3.8) is 0 Å². The quantitative estimate of drug-likeness (QED) is 0.253. The van der Waals surface area contributed by atoms with Gasteiger partial charge in [0.1, 0.15) is 11.9 Å². The Morgan fingerprint density at radius 1 is 1.11 bits per heavy atom. The van der Waals surface area contributed by atoms with Crippen LogP contribution in [-0.4, -0.2) is 42.7 Å². The summed E-state index contributed by atoms with van der Waals surface area (Å²) in [5.74, 6) is 1.61. The lowest BCUT2D eigenvalue weighted by molar-refractivity contribution is 0.184. The number of nitrogens with zero attached hydrogens (tertiary/aromatic N) is 2. The molecule has 6 nitrogen and oxygen atoms in total. The largest absolute Gasteiger partial charge is 0.386 e. The number of aliphatic hydroxyl groups excluding tert-OH is 1. The first kappa shape index (κ1) is 20.1. The lowest BCUT2D eigenvalue weighted by atomic mass is 10.2. The Balaban J connectivity index is 1.34. The molecule has 0 saturated carbocycles. The second kappa shape index (κ2) is 10.6. The molecule has 148 valence electrons. The SMILES string of the molecule is CN=C(NCCCCNc1ccccn1)NCC(O)c1cc2ccccc2s1. The van der Waals surface area contributed by atoms with Gasteiger partial charge in [0, 0.05) is 42.5 Å². The Morgan fingerprint density at radius 3 is 2.71 bits per heavy atom. The van der Waals surface area contributed by atoms with Gasteiger partial charge in [-0.2, -0.15) is 0 Å². The van der Waals surface area contributed by atoms with Crippen LogP contribution in [0.2, 0.25) is 0 Å². The van der Waals surface area contributed by atoms with E-state index < -0.39 is 6.10 Å². The molecular formula is C21H27N5OS. The van der Waals surface area contributed by atoms with E-state index in [2.05, 4.69) is 44.1 Å². The van der Waals surface area contributed by atoms with Crippen molar-refractivity contribution in [2.45, 2.75) is 18.9 Å². The summed E-state index contributed by atoms with van der Waals surface area (Å²) in [6, 6.07) is 16.1. The van der Waals surface area contributed by atoms with Crippen molar-refractivity contribution < 1.29 is 5.11 Å². The van der Waals surface area contributed by atoms with Gasteiger partial charge in [0.2, 0.25) is 0 Å². The highest BCUT2D eigenvalue weighted by Crippen LogP contribution is 2.29. The van der Waals surface area contributed by atoms with E-state index in [1.165, 1.54) is 10.1 Å². The Bertz CT molecular complexity index is 848. The first-order chi connectivity index (χ1) is 13.8. The zero-order valence-electron chi connectivity index (χ0n) is 16.1. The van der Waals surface area contributed by atoms with Crippen LogP contribution in [0.4, 0.5) is 5.82 Å². The van der Waals surface area contributed by atoms with Crippen molar-refractivity contribution in [3.8, 4) is 0 Å². The number of guanidine groups is 1. The normalized spacial score (nSPS) is 12.7. The fourth-order valence-electron chi connectivity index (χ4n) is 2.82. The molecular weight excluding hydrogens is 370 g/mol. The summed E-state index contributed by atoms with van der Waals surface area (Å²) in [5.41, 5.74) is 0. The number of rotatable bonds is 9. The van der Waals surface area contributed by atoms with E-state index in [4.69, 9.17) is 0 Å². The third-order valence-electron chi connectivity index (χ3n) is 4.33. The standard InChI is InChI=1S/C21H27N5OS/c1-22-21(25-13-7-6-12-24-20-10-4-5-11-23-20)26-15-17(27)19-14-16-8-2-3-9-18(16)28-19/h2-5,8-11,14,17,27H,6-7,12-13,15H2,1H3,(H,23,24)(H2,22,25,26). The number of thiophene rings is 1. The zero-order chi connectivity index (χ0) is 19.6. The maximum absolute atomic E-state index is 10.5. The summed E-state index contributed by atoms with van der Waals surface area (Å²) in [6.07, 6.45) is 3.27. The van der Waals surface area contributed by atoms with Crippen LogP contribution in [0.25, 0.3) is 10.1 Å². The van der Waals surface area contributed by atoms with E-state index in [-0.39, 0.29) is 0 Å². The molecule has 0 bridgehead atoms. The number of anilines is 1. The van der Waals surface area contributed by atoms with Crippen molar-refractivity contribution >= 4 is 33.2 Å². The lowest BCUT2D eigenvalue weighted by Gasteiger charge is -2.14. The number of aliphatic hydroxyl groups is 1. The summed E-state index contributed by atoms with van der Waals surface area (Å²) in [6.45, 7) is 2.13. The third-order valence-corrected chi connectivity index (χ3v) is 5.54. The number of fused-ring (bicyclic) bond motifs is 1. The van der Waals surface area contributed by atoms with Crippen LogP contribution in [0.1, 0.15) is 23.8 Å². The van der Waals surface area contributed by atoms with Crippen LogP contribution in [-0.2, 0) is 0 Å². The van der Waals surface area contributed by atoms with Gasteiger partial charge < -0.3 is 21.1 Å². The molecule has 3 aromatic rings. The average molecular weight is 398 g/mol. The van der Waals surface area contributed by atoms with Crippen molar-refractivity contribution in [1.29, 1.82) is 0 Å². The Morgan fingerprint density at radius 2 is 1.93 bits per heavy atom. The molecule has 0 spiro atoms. The monoisotopic (exact) mass is 397 g/mol. The van der Waals surface area contributed by atoms with Gasteiger partial charge in [-0.15, -0.1) is 11.3 Å². The summed E-state index contributed by atoms with van der Waals surface area (Å²) >= 11 is 1.63. The van der Waals surface area contributed by atoms with Gasteiger partial charge in [0.15, 0.2) is 5.96 Å². The number of pyridine rings is 1. The molecule has 0 fully saturated rings. The van der Waals surface area contributed by atoms with E-state index in [0.717, 1.165) is 36.6 Å². The van der Waals surface area contributed by atoms with Gasteiger partial charge in [-0.05, 0) is 42.5 Å². The van der Waals surface area contributed by atoms with Crippen LogP contribution in [0, 0.1) is 0 Å². The minimum Gasteiger partial charge on any atom is -0.386 e. The molecule has 0 saturated heterocycles. The molecule has 4 N–H and O–H groups in total. The van der Waals surface area contributed by atoms with Gasteiger partial charge in [-0.25, -0.2) is 4.98 Å². The fourth-order valence-corrected chi connectivity index (χ4v) is 3.87. The van der Waals surface area contributed by atoms with Crippen molar-refractivity contribution in [2.75, 3.05) is 32.0 Å². The van der Waals surface area contributed by atoms with Crippen molar-refractivity contribution in [3.05, 3.63) is 59.6 Å². The molecule has 1 aromatic carbocycles. The molecule has 1 unspecified atom stereocenters. The van der Waals surface area contributed by atoms with Crippen LogP contribution in [0.5, 0.6) is 0 Å². The molecule has 0 aliphatic heterocycles. The van der Waals surface area contributed by atoms with E-state index in [0.29, 0.717) is 12.5 Å². The van der Waals surface area contributed by atoms with E-state index in [1.807, 2.05) is 30.3 Å².